The largest absolute Gasteiger partial charge is 0.378 e. The molecule has 16 heavy (non-hydrogen) atoms. The summed E-state index contributed by atoms with van der Waals surface area (Å²) in [4.78, 5) is 0. The molecule has 1 aromatic rings. The summed E-state index contributed by atoms with van der Waals surface area (Å²) >= 11 is 3.67. The number of rotatable bonds is 3. The van der Waals surface area contributed by atoms with Gasteiger partial charge in [0.05, 0.1) is 6.10 Å². The van der Waals surface area contributed by atoms with Gasteiger partial charge in [0, 0.05) is 17.4 Å². The molecule has 0 saturated carbocycles. The van der Waals surface area contributed by atoms with Gasteiger partial charge in [0.25, 0.3) is 0 Å². The molecule has 1 fully saturated rings. The van der Waals surface area contributed by atoms with E-state index in [1.165, 1.54) is 11.1 Å². The molecule has 1 aliphatic heterocycles. The second-order valence-corrected chi connectivity index (χ2v) is 5.49. The van der Waals surface area contributed by atoms with Crippen LogP contribution in [0.4, 0.5) is 0 Å². The van der Waals surface area contributed by atoms with Crippen molar-refractivity contribution < 1.29 is 4.74 Å². The van der Waals surface area contributed by atoms with Crippen LogP contribution in [0.25, 0.3) is 0 Å². The van der Waals surface area contributed by atoms with Gasteiger partial charge in [0.1, 0.15) is 0 Å². The second-order valence-electron chi connectivity index (χ2n) is 4.92. The molecule has 2 heteroatoms. The van der Waals surface area contributed by atoms with Crippen molar-refractivity contribution >= 4 is 15.9 Å². The zero-order valence-electron chi connectivity index (χ0n) is 10.0. The van der Waals surface area contributed by atoms with E-state index in [0.717, 1.165) is 24.8 Å². The highest BCUT2D eigenvalue weighted by Gasteiger charge is 2.40. The van der Waals surface area contributed by atoms with Gasteiger partial charge in [-0.1, -0.05) is 45.8 Å². The maximum Gasteiger partial charge on any atom is 0.0615 e. The van der Waals surface area contributed by atoms with Crippen LogP contribution >= 0.6 is 15.9 Å². The van der Waals surface area contributed by atoms with Crippen LogP contribution < -0.4 is 0 Å². The maximum absolute atomic E-state index is 5.73. The minimum absolute atomic E-state index is 0.286. The Hall–Kier alpha value is -0.340. The fourth-order valence-electron chi connectivity index (χ4n) is 2.50. The molecule has 1 aliphatic rings. The van der Waals surface area contributed by atoms with E-state index >= 15 is 0 Å². The van der Waals surface area contributed by atoms with Crippen LogP contribution in [0.2, 0.25) is 0 Å². The molecular weight excluding hydrogens is 264 g/mol. The standard InChI is InChI=1S/C14H19BrO/c1-11-4-3-5-13(8-11)9-14(10-15)6-7-16-12(14)2/h3-5,8,12H,6-7,9-10H2,1-2H3. The lowest BCUT2D eigenvalue weighted by Crippen LogP contribution is -2.32. The van der Waals surface area contributed by atoms with Crippen molar-refractivity contribution in [3.05, 3.63) is 35.4 Å². The quantitative estimate of drug-likeness (QED) is 0.768. The average molecular weight is 283 g/mol. The lowest BCUT2D eigenvalue weighted by molar-refractivity contribution is 0.0746. The Bertz CT molecular complexity index is 364. The first-order valence-electron chi connectivity index (χ1n) is 5.89. The van der Waals surface area contributed by atoms with Crippen LogP contribution in [0.15, 0.2) is 24.3 Å². The minimum Gasteiger partial charge on any atom is -0.378 e. The topological polar surface area (TPSA) is 9.23 Å². The summed E-state index contributed by atoms with van der Waals surface area (Å²) in [6.45, 7) is 5.25. The number of benzene rings is 1. The van der Waals surface area contributed by atoms with Crippen LogP contribution in [-0.4, -0.2) is 18.0 Å². The molecule has 1 saturated heterocycles. The van der Waals surface area contributed by atoms with Crippen molar-refractivity contribution in [2.45, 2.75) is 32.8 Å². The van der Waals surface area contributed by atoms with Crippen LogP contribution in [0.5, 0.6) is 0 Å². The average Bonchev–Trinajstić information content (AvgIpc) is 2.61. The van der Waals surface area contributed by atoms with E-state index in [0.29, 0.717) is 6.10 Å². The molecule has 1 nitrogen and oxygen atoms in total. The van der Waals surface area contributed by atoms with Gasteiger partial charge in [-0.2, -0.15) is 0 Å². The molecule has 88 valence electrons. The third-order valence-corrected chi connectivity index (χ3v) is 4.85. The van der Waals surface area contributed by atoms with Crippen molar-refractivity contribution in [2.24, 2.45) is 5.41 Å². The summed E-state index contributed by atoms with van der Waals surface area (Å²) < 4.78 is 5.73. The van der Waals surface area contributed by atoms with Gasteiger partial charge >= 0.3 is 0 Å². The van der Waals surface area contributed by atoms with Crippen molar-refractivity contribution in [3.63, 3.8) is 0 Å². The smallest absolute Gasteiger partial charge is 0.0615 e. The highest BCUT2D eigenvalue weighted by molar-refractivity contribution is 9.09. The van der Waals surface area contributed by atoms with Gasteiger partial charge in [-0.15, -0.1) is 0 Å². The molecule has 0 amide bonds. The van der Waals surface area contributed by atoms with Crippen LogP contribution in [0.3, 0.4) is 0 Å². The Morgan fingerprint density at radius 1 is 1.50 bits per heavy atom. The predicted molar refractivity (Wildman–Crippen MR) is 71.1 cm³/mol. The fourth-order valence-corrected chi connectivity index (χ4v) is 3.44. The van der Waals surface area contributed by atoms with Crippen LogP contribution in [0.1, 0.15) is 24.5 Å². The molecule has 1 heterocycles. The number of alkyl halides is 1. The summed E-state index contributed by atoms with van der Waals surface area (Å²) in [5.74, 6) is 0. The van der Waals surface area contributed by atoms with Crippen molar-refractivity contribution in [2.75, 3.05) is 11.9 Å². The van der Waals surface area contributed by atoms with Gasteiger partial charge in [0.2, 0.25) is 0 Å². The van der Waals surface area contributed by atoms with E-state index in [2.05, 4.69) is 54.0 Å². The molecule has 2 atom stereocenters. The van der Waals surface area contributed by atoms with Crippen LogP contribution in [-0.2, 0) is 11.2 Å². The molecule has 0 aliphatic carbocycles. The first-order chi connectivity index (χ1) is 7.66. The normalized spacial score (nSPS) is 29.6. The SMILES string of the molecule is Cc1cccc(CC2(CBr)CCOC2C)c1. The Morgan fingerprint density at radius 2 is 2.31 bits per heavy atom. The Morgan fingerprint density at radius 3 is 2.88 bits per heavy atom. The van der Waals surface area contributed by atoms with Gasteiger partial charge in [-0.3, -0.25) is 0 Å². The number of ether oxygens (including phenoxy) is 1. The van der Waals surface area contributed by atoms with Crippen molar-refractivity contribution in [1.29, 1.82) is 0 Å². The predicted octanol–water partition coefficient (Wildman–Crippen LogP) is 3.73. The van der Waals surface area contributed by atoms with E-state index in [4.69, 9.17) is 4.74 Å². The molecule has 2 unspecified atom stereocenters. The Kier molecular flexibility index (Phi) is 3.70. The molecule has 0 spiro atoms. The molecule has 0 radical (unpaired) electrons. The Labute approximate surface area is 106 Å². The fraction of sp³-hybridized carbons (Fsp3) is 0.571. The third kappa shape index (κ3) is 2.33. The monoisotopic (exact) mass is 282 g/mol. The summed E-state index contributed by atoms with van der Waals surface area (Å²) in [6.07, 6.45) is 2.63. The zero-order chi connectivity index (χ0) is 11.6. The van der Waals surface area contributed by atoms with E-state index in [1.54, 1.807) is 0 Å². The van der Waals surface area contributed by atoms with Gasteiger partial charge in [0.15, 0.2) is 0 Å². The summed E-state index contributed by atoms with van der Waals surface area (Å²) in [5.41, 5.74) is 3.05. The lowest BCUT2D eigenvalue weighted by Gasteiger charge is -2.30. The molecule has 0 N–H and O–H groups in total. The number of aryl methyl sites for hydroxylation is 1. The van der Waals surface area contributed by atoms with E-state index in [9.17, 15) is 0 Å². The minimum atomic E-state index is 0.286. The summed E-state index contributed by atoms with van der Waals surface area (Å²) in [7, 11) is 0. The zero-order valence-corrected chi connectivity index (χ0v) is 11.6. The molecule has 2 rings (SSSR count). The molecule has 1 aromatic carbocycles. The number of hydrogen-bond donors (Lipinski definition) is 0. The summed E-state index contributed by atoms with van der Waals surface area (Å²) in [5, 5.41) is 1.02. The highest BCUT2D eigenvalue weighted by Crippen LogP contribution is 2.39. The van der Waals surface area contributed by atoms with Gasteiger partial charge in [-0.25, -0.2) is 0 Å². The van der Waals surface area contributed by atoms with E-state index < -0.39 is 0 Å². The second kappa shape index (κ2) is 4.89. The lowest BCUT2D eigenvalue weighted by atomic mass is 9.78. The molecular formula is C14H19BrO. The molecule has 0 aromatic heterocycles. The first kappa shape index (κ1) is 12.1. The number of halogens is 1. The Balaban J connectivity index is 2.18. The first-order valence-corrected chi connectivity index (χ1v) is 7.01. The summed E-state index contributed by atoms with van der Waals surface area (Å²) in [6, 6.07) is 8.81. The van der Waals surface area contributed by atoms with Crippen molar-refractivity contribution in [1.82, 2.24) is 0 Å². The van der Waals surface area contributed by atoms with E-state index in [1.807, 2.05) is 0 Å². The van der Waals surface area contributed by atoms with E-state index in [-0.39, 0.29) is 5.41 Å². The third-order valence-electron chi connectivity index (χ3n) is 3.73. The van der Waals surface area contributed by atoms with Crippen LogP contribution in [0, 0.1) is 12.3 Å². The van der Waals surface area contributed by atoms with Crippen molar-refractivity contribution in [3.8, 4) is 0 Å². The highest BCUT2D eigenvalue weighted by atomic mass is 79.9. The number of hydrogen-bond acceptors (Lipinski definition) is 1. The van der Waals surface area contributed by atoms with Gasteiger partial charge in [-0.05, 0) is 32.3 Å². The maximum atomic E-state index is 5.73. The molecule has 0 bridgehead atoms. The van der Waals surface area contributed by atoms with Gasteiger partial charge < -0.3 is 4.74 Å².